The van der Waals surface area contributed by atoms with E-state index in [1.165, 1.54) is 36.4 Å². The molecule has 0 fully saturated rings. The molecule has 0 aliphatic carbocycles. The second-order valence-corrected chi connectivity index (χ2v) is 6.33. The van der Waals surface area contributed by atoms with Gasteiger partial charge in [0.25, 0.3) is 10.0 Å². The minimum atomic E-state index is -3.88. The van der Waals surface area contributed by atoms with Crippen molar-refractivity contribution in [2.45, 2.75) is 18.2 Å². The Kier molecular flexibility index (Phi) is 4.37. The van der Waals surface area contributed by atoms with Crippen LogP contribution in [-0.4, -0.2) is 14.3 Å². The van der Waals surface area contributed by atoms with Crippen LogP contribution >= 0.6 is 0 Å². The first-order valence-electron chi connectivity index (χ1n) is 6.23. The number of hydrogen-bond donors (Lipinski definition) is 1. The topological polar surface area (TPSA) is 63.2 Å². The minimum Gasteiger partial charge on any atom is -0.274 e. The van der Waals surface area contributed by atoms with Gasteiger partial charge in [-0.2, -0.15) is 0 Å². The lowest BCUT2D eigenvalue weighted by Crippen LogP contribution is -2.31. The summed E-state index contributed by atoms with van der Waals surface area (Å²) in [6.45, 7) is 1.84. The summed E-state index contributed by atoms with van der Waals surface area (Å²) < 4.78 is 38.8. The van der Waals surface area contributed by atoms with Crippen LogP contribution < -0.4 is 4.72 Å². The van der Waals surface area contributed by atoms with Crippen LogP contribution in [-0.2, 0) is 21.2 Å². The molecule has 1 amide bonds. The third-order valence-electron chi connectivity index (χ3n) is 2.86. The molecule has 0 heterocycles. The summed E-state index contributed by atoms with van der Waals surface area (Å²) in [4.78, 5) is 11.8. The van der Waals surface area contributed by atoms with E-state index in [9.17, 15) is 17.6 Å². The summed E-state index contributed by atoms with van der Waals surface area (Å²) in [5.74, 6) is -1.08. The maximum absolute atomic E-state index is 12.8. The van der Waals surface area contributed by atoms with Crippen LogP contribution in [0, 0.1) is 12.7 Å². The second-order valence-electron chi connectivity index (χ2n) is 4.64. The predicted octanol–water partition coefficient (Wildman–Crippen LogP) is 2.18. The lowest BCUT2D eigenvalue weighted by Gasteiger charge is -2.07. The van der Waals surface area contributed by atoms with E-state index in [-0.39, 0.29) is 11.3 Å². The molecule has 110 valence electrons. The number of aryl methyl sites for hydroxylation is 1. The Morgan fingerprint density at radius 3 is 2.19 bits per heavy atom. The first-order chi connectivity index (χ1) is 9.87. The SMILES string of the molecule is Cc1ccc(S(=O)(=O)NC(=O)Cc2ccc(F)cc2)cc1. The van der Waals surface area contributed by atoms with Crippen molar-refractivity contribution in [3.05, 3.63) is 65.5 Å². The smallest absolute Gasteiger partial charge is 0.264 e. The van der Waals surface area contributed by atoms with E-state index in [4.69, 9.17) is 0 Å². The molecule has 0 spiro atoms. The van der Waals surface area contributed by atoms with Crippen molar-refractivity contribution in [3.63, 3.8) is 0 Å². The number of amides is 1. The highest BCUT2D eigenvalue weighted by molar-refractivity contribution is 7.90. The molecular weight excluding hydrogens is 293 g/mol. The lowest BCUT2D eigenvalue weighted by atomic mass is 10.1. The molecule has 0 bridgehead atoms. The number of benzene rings is 2. The van der Waals surface area contributed by atoms with E-state index < -0.39 is 21.7 Å². The van der Waals surface area contributed by atoms with Crippen LogP contribution in [0.2, 0.25) is 0 Å². The summed E-state index contributed by atoms with van der Waals surface area (Å²) in [6.07, 6.45) is -0.134. The van der Waals surface area contributed by atoms with Gasteiger partial charge in [0.1, 0.15) is 5.82 Å². The molecule has 0 aliphatic rings. The van der Waals surface area contributed by atoms with Crippen molar-refractivity contribution in [2.75, 3.05) is 0 Å². The summed E-state index contributed by atoms with van der Waals surface area (Å²) >= 11 is 0. The van der Waals surface area contributed by atoms with Crippen LogP contribution in [0.15, 0.2) is 53.4 Å². The van der Waals surface area contributed by atoms with Crippen molar-refractivity contribution < 1.29 is 17.6 Å². The van der Waals surface area contributed by atoms with E-state index in [1.807, 2.05) is 11.6 Å². The van der Waals surface area contributed by atoms with E-state index >= 15 is 0 Å². The molecule has 21 heavy (non-hydrogen) atoms. The van der Waals surface area contributed by atoms with Gasteiger partial charge in [-0.3, -0.25) is 4.79 Å². The van der Waals surface area contributed by atoms with Gasteiger partial charge in [-0.05, 0) is 36.8 Å². The lowest BCUT2D eigenvalue weighted by molar-refractivity contribution is -0.118. The van der Waals surface area contributed by atoms with Crippen LogP contribution in [0.3, 0.4) is 0 Å². The molecule has 4 nitrogen and oxygen atoms in total. The maximum atomic E-state index is 12.8. The summed E-state index contributed by atoms with van der Waals surface area (Å²) in [5.41, 5.74) is 1.46. The van der Waals surface area contributed by atoms with Gasteiger partial charge >= 0.3 is 0 Å². The van der Waals surface area contributed by atoms with Gasteiger partial charge in [-0.25, -0.2) is 17.5 Å². The first kappa shape index (κ1) is 15.2. The van der Waals surface area contributed by atoms with Crippen molar-refractivity contribution in [2.24, 2.45) is 0 Å². The molecule has 2 rings (SSSR count). The highest BCUT2D eigenvalue weighted by atomic mass is 32.2. The Hall–Kier alpha value is -2.21. The molecule has 0 atom stereocenters. The fourth-order valence-corrected chi connectivity index (χ4v) is 2.73. The average molecular weight is 307 g/mol. The molecule has 0 saturated carbocycles. The monoisotopic (exact) mass is 307 g/mol. The summed E-state index contributed by atoms with van der Waals surface area (Å²) in [5, 5.41) is 0. The van der Waals surface area contributed by atoms with Gasteiger partial charge in [0.05, 0.1) is 11.3 Å². The van der Waals surface area contributed by atoms with Gasteiger partial charge in [-0.1, -0.05) is 29.8 Å². The highest BCUT2D eigenvalue weighted by Crippen LogP contribution is 2.10. The van der Waals surface area contributed by atoms with E-state index in [0.29, 0.717) is 5.56 Å². The number of nitrogens with one attached hydrogen (secondary N) is 1. The molecule has 0 radical (unpaired) electrons. The van der Waals surface area contributed by atoms with Crippen molar-refractivity contribution in [1.29, 1.82) is 0 Å². The fourth-order valence-electron chi connectivity index (χ4n) is 1.75. The van der Waals surface area contributed by atoms with Crippen LogP contribution in [0.4, 0.5) is 4.39 Å². The van der Waals surface area contributed by atoms with Gasteiger partial charge in [0.15, 0.2) is 0 Å². The Bertz CT molecular complexity index is 737. The Morgan fingerprint density at radius 2 is 1.62 bits per heavy atom. The van der Waals surface area contributed by atoms with Crippen molar-refractivity contribution >= 4 is 15.9 Å². The Balaban J connectivity index is 2.07. The number of sulfonamides is 1. The van der Waals surface area contributed by atoms with E-state index in [1.54, 1.807) is 12.1 Å². The molecule has 1 N–H and O–H groups in total. The molecular formula is C15H14FNO3S. The third-order valence-corrected chi connectivity index (χ3v) is 4.25. The van der Waals surface area contributed by atoms with Crippen LogP contribution in [0.25, 0.3) is 0 Å². The molecule has 6 heteroatoms. The van der Waals surface area contributed by atoms with Crippen LogP contribution in [0.5, 0.6) is 0 Å². The number of rotatable bonds is 4. The summed E-state index contributed by atoms with van der Waals surface area (Å²) in [7, 11) is -3.88. The van der Waals surface area contributed by atoms with Crippen LogP contribution in [0.1, 0.15) is 11.1 Å². The zero-order valence-corrected chi connectivity index (χ0v) is 12.2. The zero-order valence-electron chi connectivity index (χ0n) is 11.3. The maximum Gasteiger partial charge on any atom is 0.264 e. The molecule has 0 aromatic heterocycles. The van der Waals surface area contributed by atoms with E-state index in [0.717, 1.165) is 5.56 Å². The molecule has 0 unspecified atom stereocenters. The molecule has 2 aromatic carbocycles. The number of carbonyl (C=O) groups is 1. The van der Waals surface area contributed by atoms with Gasteiger partial charge in [0, 0.05) is 0 Å². The predicted molar refractivity (Wildman–Crippen MR) is 76.6 cm³/mol. The molecule has 2 aromatic rings. The number of hydrogen-bond acceptors (Lipinski definition) is 3. The summed E-state index contributed by atoms with van der Waals surface area (Å²) in [6, 6.07) is 11.5. The van der Waals surface area contributed by atoms with Gasteiger partial charge < -0.3 is 0 Å². The largest absolute Gasteiger partial charge is 0.274 e. The molecule has 0 aliphatic heterocycles. The van der Waals surface area contributed by atoms with Crippen molar-refractivity contribution in [3.8, 4) is 0 Å². The Labute approximate surface area is 122 Å². The molecule has 0 saturated heterocycles. The quantitative estimate of drug-likeness (QED) is 0.941. The third kappa shape index (κ3) is 4.13. The van der Waals surface area contributed by atoms with Gasteiger partial charge in [-0.15, -0.1) is 0 Å². The Morgan fingerprint density at radius 1 is 1.05 bits per heavy atom. The zero-order chi connectivity index (χ0) is 15.5. The standard InChI is InChI=1S/C15H14FNO3S/c1-11-2-8-14(9-3-11)21(19,20)17-15(18)10-12-4-6-13(16)7-5-12/h2-9H,10H2,1H3,(H,17,18). The van der Waals surface area contributed by atoms with Crippen molar-refractivity contribution in [1.82, 2.24) is 4.72 Å². The minimum absolute atomic E-state index is 0.0283. The number of carbonyl (C=O) groups excluding carboxylic acids is 1. The second kappa shape index (κ2) is 6.05. The van der Waals surface area contributed by atoms with Gasteiger partial charge in [0.2, 0.25) is 5.91 Å². The highest BCUT2D eigenvalue weighted by Gasteiger charge is 2.17. The first-order valence-corrected chi connectivity index (χ1v) is 7.72. The fraction of sp³-hybridized carbons (Fsp3) is 0.133. The normalized spacial score (nSPS) is 11.1. The van der Waals surface area contributed by atoms with E-state index in [2.05, 4.69) is 0 Å². The number of halogens is 1. The average Bonchev–Trinajstić information content (AvgIpc) is 2.41.